The molecule has 0 amide bonds. The minimum Gasteiger partial charge on any atom is -0.339 e. The third-order valence-electron chi connectivity index (χ3n) is 5.36. The number of hydrogen-bond acceptors (Lipinski definition) is 6. The third kappa shape index (κ3) is 2.47. The van der Waals surface area contributed by atoms with Crippen molar-refractivity contribution in [2.24, 2.45) is 13.0 Å². The number of aryl methyl sites for hydroxylation is 1. The summed E-state index contributed by atoms with van der Waals surface area (Å²) in [4.78, 5) is 8.82. The molecule has 0 aromatic carbocycles. The molecular formula is C16H24N6O. The van der Waals surface area contributed by atoms with Gasteiger partial charge in [0.2, 0.25) is 5.89 Å². The Balaban J connectivity index is 1.56. The van der Waals surface area contributed by atoms with Gasteiger partial charge >= 0.3 is 0 Å². The molecule has 0 radical (unpaired) electrons. The summed E-state index contributed by atoms with van der Waals surface area (Å²) in [5.41, 5.74) is 1.07. The number of aromatic nitrogens is 5. The maximum absolute atomic E-state index is 5.70. The molecule has 1 aliphatic carbocycles. The molecule has 124 valence electrons. The molecule has 2 atom stereocenters. The summed E-state index contributed by atoms with van der Waals surface area (Å²) >= 11 is 0. The SMILES string of the molecule is CC(C)c1noc([C@@]23CCC[C@@H]2CN(Cc2cnn(C)n2)C3)n1. The quantitative estimate of drug-likeness (QED) is 0.857. The lowest BCUT2D eigenvalue weighted by molar-refractivity contribution is 0.243. The Labute approximate surface area is 136 Å². The van der Waals surface area contributed by atoms with Crippen LogP contribution in [0.3, 0.4) is 0 Å². The number of nitrogens with zero attached hydrogens (tertiary/aromatic N) is 6. The second-order valence-electron chi connectivity index (χ2n) is 7.35. The molecule has 0 unspecified atom stereocenters. The van der Waals surface area contributed by atoms with Crippen molar-refractivity contribution in [3.05, 3.63) is 23.6 Å². The summed E-state index contributed by atoms with van der Waals surface area (Å²) in [7, 11) is 1.86. The van der Waals surface area contributed by atoms with Crippen LogP contribution < -0.4 is 0 Å². The Morgan fingerprint density at radius 3 is 3.00 bits per heavy atom. The molecule has 23 heavy (non-hydrogen) atoms. The van der Waals surface area contributed by atoms with E-state index in [1.165, 1.54) is 12.8 Å². The lowest BCUT2D eigenvalue weighted by Gasteiger charge is -2.24. The largest absolute Gasteiger partial charge is 0.339 e. The molecule has 0 spiro atoms. The van der Waals surface area contributed by atoms with Crippen molar-refractivity contribution in [1.82, 2.24) is 30.0 Å². The summed E-state index contributed by atoms with van der Waals surface area (Å²) in [6, 6.07) is 0. The topological polar surface area (TPSA) is 72.9 Å². The van der Waals surface area contributed by atoms with E-state index in [0.29, 0.717) is 11.8 Å². The van der Waals surface area contributed by atoms with Crippen molar-refractivity contribution in [2.45, 2.75) is 51.0 Å². The molecular weight excluding hydrogens is 292 g/mol. The van der Waals surface area contributed by atoms with E-state index in [0.717, 1.165) is 43.5 Å². The van der Waals surface area contributed by atoms with Crippen LogP contribution in [0, 0.1) is 5.92 Å². The molecule has 4 rings (SSSR count). The van der Waals surface area contributed by atoms with E-state index in [1.54, 1.807) is 4.80 Å². The van der Waals surface area contributed by atoms with Crippen molar-refractivity contribution < 1.29 is 4.52 Å². The zero-order valence-corrected chi connectivity index (χ0v) is 14.1. The summed E-state index contributed by atoms with van der Waals surface area (Å²) < 4.78 is 5.70. The molecule has 2 aromatic rings. The number of likely N-dealkylation sites (tertiary alicyclic amines) is 1. The zero-order chi connectivity index (χ0) is 16.0. The predicted molar refractivity (Wildman–Crippen MR) is 83.7 cm³/mol. The van der Waals surface area contributed by atoms with E-state index in [2.05, 4.69) is 34.1 Å². The Morgan fingerprint density at radius 2 is 2.30 bits per heavy atom. The van der Waals surface area contributed by atoms with Crippen LogP contribution in [0.1, 0.15) is 56.4 Å². The predicted octanol–water partition coefficient (Wildman–Crippen LogP) is 1.88. The minimum absolute atomic E-state index is 0.0440. The van der Waals surface area contributed by atoms with Crippen LogP contribution in [0.2, 0.25) is 0 Å². The van der Waals surface area contributed by atoms with Gasteiger partial charge in [-0.15, -0.1) is 0 Å². The van der Waals surface area contributed by atoms with Crippen LogP contribution in [0.25, 0.3) is 0 Å². The first-order valence-corrected chi connectivity index (χ1v) is 8.48. The van der Waals surface area contributed by atoms with E-state index in [4.69, 9.17) is 9.51 Å². The van der Waals surface area contributed by atoms with Gasteiger partial charge in [-0.25, -0.2) is 0 Å². The Morgan fingerprint density at radius 1 is 1.43 bits per heavy atom. The molecule has 3 heterocycles. The Bertz CT molecular complexity index is 692. The van der Waals surface area contributed by atoms with Crippen LogP contribution in [0.15, 0.2) is 10.7 Å². The molecule has 2 aliphatic rings. The van der Waals surface area contributed by atoms with Crippen LogP contribution in [-0.4, -0.2) is 43.1 Å². The van der Waals surface area contributed by atoms with Gasteiger partial charge in [-0.3, -0.25) is 4.90 Å². The highest BCUT2D eigenvalue weighted by atomic mass is 16.5. The Hall–Kier alpha value is -1.76. The molecule has 1 saturated heterocycles. The van der Waals surface area contributed by atoms with Crippen molar-refractivity contribution in [3.63, 3.8) is 0 Å². The zero-order valence-electron chi connectivity index (χ0n) is 14.1. The van der Waals surface area contributed by atoms with Gasteiger partial charge < -0.3 is 4.52 Å². The van der Waals surface area contributed by atoms with E-state index in [9.17, 15) is 0 Å². The van der Waals surface area contributed by atoms with Gasteiger partial charge in [0.1, 0.15) is 0 Å². The van der Waals surface area contributed by atoms with Gasteiger partial charge in [-0.05, 0) is 18.8 Å². The van der Waals surface area contributed by atoms with Crippen LogP contribution >= 0.6 is 0 Å². The van der Waals surface area contributed by atoms with E-state index in [1.807, 2.05) is 13.2 Å². The van der Waals surface area contributed by atoms with Gasteiger partial charge in [-0.1, -0.05) is 25.4 Å². The highest BCUT2D eigenvalue weighted by Gasteiger charge is 2.54. The molecule has 2 aromatic heterocycles. The number of rotatable bonds is 4. The fourth-order valence-corrected chi connectivity index (χ4v) is 4.22. The highest BCUT2D eigenvalue weighted by molar-refractivity contribution is 5.18. The minimum atomic E-state index is 0.0440. The van der Waals surface area contributed by atoms with Crippen molar-refractivity contribution in [3.8, 4) is 0 Å². The summed E-state index contributed by atoms with van der Waals surface area (Å²) in [6.45, 7) is 7.11. The van der Waals surface area contributed by atoms with E-state index in [-0.39, 0.29) is 5.41 Å². The first-order chi connectivity index (χ1) is 11.1. The van der Waals surface area contributed by atoms with Crippen LogP contribution in [0.4, 0.5) is 0 Å². The van der Waals surface area contributed by atoms with Gasteiger partial charge in [0, 0.05) is 32.6 Å². The van der Waals surface area contributed by atoms with E-state index >= 15 is 0 Å². The second-order valence-corrected chi connectivity index (χ2v) is 7.35. The molecule has 0 bridgehead atoms. The van der Waals surface area contributed by atoms with Crippen LogP contribution in [-0.2, 0) is 19.0 Å². The number of fused-ring (bicyclic) bond motifs is 1. The van der Waals surface area contributed by atoms with Gasteiger partial charge in [0.05, 0.1) is 17.3 Å². The molecule has 1 aliphatic heterocycles. The smallest absolute Gasteiger partial charge is 0.234 e. The third-order valence-corrected chi connectivity index (χ3v) is 5.36. The Kier molecular flexibility index (Phi) is 3.48. The van der Waals surface area contributed by atoms with Gasteiger partial charge in [0.15, 0.2) is 5.82 Å². The molecule has 7 heteroatoms. The average molecular weight is 316 g/mol. The first kappa shape index (κ1) is 14.8. The maximum Gasteiger partial charge on any atom is 0.234 e. The summed E-state index contributed by atoms with van der Waals surface area (Å²) in [5.74, 6) is 2.60. The summed E-state index contributed by atoms with van der Waals surface area (Å²) in [6.07, 6.45) is 5.50. The summed E-state index contributed by atoms with van der Waals surface area (Å²) in [5, 5.41) is 12.8. The monoisotopic (exact) mass is 316 g/mol. The first-order valence-electron chi connectivity index (χ1n) is 8.48. The van der Waals surface area contributed by atoms with Gasteiger partial charge in [0.25, 0.3) is 0 Å². The molecule has 1 saturated carbocycles. The number of hydrogen-bond donors (Lipinski definition) is 0. The maximum atomic E-state index is 5.70. The highest BCUT2D eigenvalue weighted by Crippen LogP contribution is 2.50. The standard InChI is InChI=1S/C16H24N6O/c1-11(2)14-18-15(23-20-14)16-6-4-5-12(16)8-22(10-16)9-13-7-17-21(3)19-13/h7,11-12H,4-6,8-10H2,1-3H3/t12-,16-/m1/s1. The van der Waals surface area contributed by atoms with Gasteiger partial charge in [-0.2, -0.15) is 20.0 Å². The molecule has 0 N–H and O–H groups in total. The van der Waals surface area contributed by atoms with E-state index < -0.39 is 0 Å². The van der Waals surface area contributed by atoms with Crippen molar-refractivity contribution >= 4 is 0 Å². The lowest BCUT2D eigenvalue weighted by Crippen LogP contribution is -2.32. The molecule has 7 nitrogen and oxygen atoms in total. The molecule has 2 fully saturated rings. The normalized spacial score (nSPS) is 27.9. The average Bonchev–Trinajstić information content (AvgIpc) is 3.21. The fraction of sp³-hybridized carbons (Fsp3) is 0.750. The van der Waals surface area contributed by atoms with Crippen LogP contribution in [0.5, 0.6) is 0 Å². The van der Waals surface area contributed by atoms with Crippen molar-refractivity contribution in [1.29, 1.82) is 0 Å². The lowest BCUT2D eigenvalue weighted by atomic mass is 9.80. The fourth-order valence-electron chi connectivity index (χ4n) is 4.22. The second kappa shape index (κ2) is 5.40. The van der Waals surface area contributed by atoms with Crippen molar-refractivity contribution in [2.75, 3.05) is 13.1 Å².